The van der Waals surface area contributed by atoms with Crippen molar-refractivity contribution >= 4 is 6.15 Å². The van der Waals surface area contributed by atoms with Crippen LogP contribution in [0.2, 0.25) is 0 Å². The fourth-order valence-electron chi connectivity index (χ4n) is 1.69. The summed E-state index contributed by atoms with van der Waals surface area (Å²) in [7, 11) is 0. The van der Waals surface area contributed by atoms with Crippen molar-refractivity contribution in [3.8, 4) is 0 Å². The van der Waals surface area contributed by atoms with E-state index < -0.39 is 0 Å². The quantitative estimate of drug-likeness (QED) is 0.776. The van der Waals surface area contributed by atoms with Crippen LogP contribution in [-0.4, -0.2) is 6.15 Å². The maximum atomic E-state index is 8.12. The van der Waals surface area contributed by atoms with Crippen molar-refractivity contribution in [3.63, 3.8) is 0 Å². The summed E-state index contributed by atoms with van der Waals surface area (Å²) >= 11 is 0. The first-order valence-corrected chi connectivity index (χ1v) is 5.69. The van der Waals surface area contributed by atoms with Crippen molar-refractivity contribution in [1.82, 2.24) is 0 Å². The van der Waals surface area contributed by atoms with Gasteiger partial charge in [0.2, 0.25) is 0 Å². The summed E-state index contributed by atoms with van der Waals surface area (Å²) in [4.78, 5) is 16.2. The first-order chi connectivity index (χ1) is 7.65. The Balaban J connectivity index is 0.000000673. The van der Waals surface area contributed by atoms with Crippen LogP contribution in [0, 0.1) is 5.92 Å². The second-order valence-corrected chi connectivity index (χ2v) is 4.14. The van der Waals surface area contributed by atoms with E-state index in [2.05, 4.69) is 51.1 Å². The van der Waals surface area contributed by atoms with Crippen molar-refractivity contribution in [2.75, 3.05) is 0 Å². The minimum atomic E-state index is 0.250. The van der Waals surface area contributed by atoms with Gasteiger partial charge in [0.15, 0.2) is 0 Å². The third-order valence-electron chi connectivity index (χ3n) is 2.82. The highest BCUT2D eigenvalue weighted by molar-refractivity contribution is 5.20. The van der Waals surface area contributed by atoms with Gasteiger partial charge >= 0.3 is 6.15 Å². The van der Waals surface area contributed by atoms with Crippen LogP contribution < -0.4 is 0 Å². The van der Waals surface area contributed by atoms with E-state index in [0.29, 0.717) is 5.92 Å². The number of hydrogen-bond acceptors (Lipinski definition) is 2. The largest absolute Gasteiger partial charge is 0.373 e. The molecule has 1 rings (SSSR count). The Morgan fingerprint density at radius 1 is 1.12 bits per heavy atom. The molecule has 0 heterocycles. The predicted octanol–water partition coefficient (Wildman–Crippen LogP) is 3.64. The molecule has 1 aromatic carbocycles. The fourth-order valence-corrected chi connectivity index (χ4v) is 1.69. The van der Waals surface area contributed by atoms with Crippen molar-refractivity contribution in [3.05, 3.63) is 35.9 Å². The standard InChI is InChI=1S/C13H20.CO2/c1-4-11(2)10-12(3)13-8-6-5-7-9-13;2-1-3/h5-9,11-12H,4,10H2,1-3H3;. The molecule has 0 aliphatic rings. The van der Waals surface area contributed by atoms with Gasteiger partial charge in [-0.25, -0.2) is 0 Å². The van der Waals surface area contributed by atoms with Gasteiger partial charge in [-0.3, -0.25) is 0 Å². The monoisotopic (exact) mass is 220 g/mol. The molecule has 0 spiro atoms. The molecule has 1 aromatic rings. The maximum Gasteiger partial charge on any atom is 0.373 e. The smallest absolute Gasteiger partial charge is 0.186 e. The van der Waals surface area contributed by atoms with Gasteiger partial charge in [-0.2, -0.15) is 9.59 Å². The van der Waals surface area contributed by atoms with E-state index in [-0.39, 0.29) is 6.15 Å². The van der Waals surface area contributed by atoms with E-state index in [1.54, 1.807) is 0 Å². The highest BCUT2D eigenvalue weighted by Gasteiger charge is 2.08. The first-order valence-electron chi connectivity index (χ1n) is 5.69. The lowest BCUT2D eigenvalue weighted by Crippen LogP contribution is -2.00. The van der Waals surface area contributed by atoms with Gasteiger partial charge in [-0.1, -0.05) is 57.5 Å². The molecule has 0 bridgehead atoms. The molecule has 2 heteroatoms. The van der Waals surface area contributed by atoms with Crippen LogP contribution in [-0.2, 0) is 9.59 Å². The van der Waals surface area contributed by atoms with E-state index in [0.717, 1.165) is 5.92 Å². The van der Waals surface area contributed by atoms with E-state index in [1.165, 1.54) is 18.4 Å². The van der Waals surface area contributed by atoms with Crippen LogP contribution in [0.1, 0.15) is 45.1 Å². The molecule has 0 aliphatic heterocycles. The number of carbonyl (C=O) groups excluding carboxylic acids is 2. The van der Waals surface area contributed by atoms with Crippen LogP contribution in [0.4, 0.5) is 0 Å². The normalized spacial score (nSPS) is 12.9. The lowest BCUT2D eigenvalue weighted by Gasteiger charge is -2.15. The summed E-state index contributed by atoms with van der Waals surface area (Å²) in [6, 6.07) is 10.8. The molecule has 2 nitrogen and oxygen atoms in total. The van der Waals surface area contributed by atoms with Gasteiger partial charge in [0.1, 0.15) is 0 Å². The second kappa shape index (κ2) is 8.87. The molecule has 16 heavy (non-hydrogen) atoms. The fraction of sp³-hybridized carbons (Fsp3) is 0.500. The topological polar surface area (TPSA) is 34.1 Å². The molecular formula is C14H20O2. The van der Waals surface area contributed by atoms with Gasteiger partial charge in [-0.05, 0) is 23.8 Å². The highest BCUT2D eigenvalue weighted by Crippen LogP contribution is 2.24. The summed E-state index contributed by atoms with van der Waals surface area (Å²) in [6.07, 6.45) is 2.84. The van der Waals surface area contributed by atoms with Crippen LogP contribution in [0.5, 0.6) is 0 Å². The average Bonchev–Trinajstić information content (AvgIpc) is 2.31. The van der Waals surface area contributed by atoms with Gasteiger partial charge in [0.05, 0.1) is 0 Å². The summed E-state index contributed by atoms with van der Waals surface area (Å²) in [5.41, 5.74) is 1.47. The molecule has 2 atom stereocenters. The van der Waals surface area contributed by atoms with Crippen molar-refractivity contribution < 1.29 is 9.59 Å². The zero-order chi connectivity index (χ0) is 12.4. The first kappa shape index (κ1) is 14.6. The average molecular weight is 220 g/mol. The Morgan fingerprint density at radius 2 is 1.62 bits per heavy atom. The van der Waals surface area contributed by atoms with Crippen LogP contribution in [0.15, 0.2) is 30.3 Å². The summed E-state index contributed by atoms with van der Waals surface area (Å²) in [5.74, 6) is 1.55. The molecule has 88 valence electrons. The Kier molecular flexibility index (Phi) is 8.10. The minimum absolute atomic E-state index is 0.250. The van der Waals surface area contributed by atoms with E-state index in [9.17, 15) is 0 Å². The Morgan fingerprint density at radius 3 is 2.06 bits per heavy atom. The summed E-state index contributed by atoms with van der Waals surface area (Å²) in [5, 5.41) is 0. The van der Waals surface area contributed by atoms with E-state index in [4.69, 9.17) is 9.59 Å². The molecule has 0 saturated heterocycles. The Bertz CT molecular complexity index is 300. The van der Waals surface area contributed by atoms with Crippen LogP contribution in [0.25, 0.3) is 0 Å². The maximum absolute atomic E-state index is 8.12. The summed E-state index contributed by atoms with van der Waals surface area (Å²) in [6.45, 7) is 6.92. The molecule has 2 unspecified atom stereocenters. The number of benzene rings is 1. The molecule has 0 amide bonds. The summed E-state index contributed by atoms with van der Waals surface area (Å²) < 4.78 is 0. The molecule has 0 saturated carbocycles. The van der Waals surface area contributed by atoms with Crippen molar-refractivity contribution in [1.29, 1.82) is 0 Å². The molecular weight excluding hydrogens is 200 g/mol. The Hall–Kier alpha value is -1.40. The minimum Gasteiger partial charge on any atom is -0.186 e. The number of rotatable bonds is 4. The predicted molar refractivity (Wildman–Crippen MR) is 63.9 cm³/mol. The molecule has 0 aromatic heterocycles. The third-order valence-corrected chi connectivity index (χ3v) is 2.82. The zero-order valence-corrected chi connectivity index (χ0v) is 10.3. The number of hydrogen-bond donors (Lipinski definition) is 0. The SMILES string of the molecule is CCC(C)CC(C)c1ccccc1.O=C=O. The van der Waals surface area contributed by atoms with Gasteiger partial charge < -0.3 is 0 Å². The molecule has 0 fully saturated rings. The van der Waals surface area contributed by atoms with Crippen LogP contribution >= 0.6 is 0 Å². The van der Waals surface area contributed by atoms with Gasteiger partial charge in [0, 0.05) is 0 Å². The van der Waals surface area contributed by atoms with Crippen molar-refractivity contribution in [2.24, 2.45) is 5.92 Å². The van der Waals surface area contributed by atoms with E-state index in [1.807, 2.05) is 0 Å². The Labute approximate surface area is 97.7 Å². The van der Waals surface area contributed by atoms with Crippen LogP contribution in [0.3, 0.4) is 0 Å². The van der Waals surface area contributed by atoms with Crippen molar-refractivity contribution in [2.45, 2.75) is 39.5 Å². The van der Waals surface area contributed by atoms with Gasteiger partial charge in [0.25, 0.3) is 0 Å². The zero-order valence-electron chi connectivity index (χ0n) is 10.3. The molecule has 0 radical (unpaired) electrons. The highest BCUT2D eigenvalue weighted by atomic mass is 16.2. The molecule has 0 aliphatic carbocycles. The lowest BCUT2D eigenvalue weighted by molar-refractivity contribution is -0.191. The van der Waals surface area contributed by atoms with E-state index >= 15 is 0 Å². The molecule has 0 N–H and O–H groups in total. The van der Waals surface area contributed by atoms with Gasteiger partial charge in [-0.15, -0.1) is 0 Å². The lowest BCUT2D eigenvalue weighted by atomic mass is 9.90. The second-order valence-electron chi connectivity index (χ2n) is 4.14. The third kappa shape index (κ3) is 6.15.